The second-order valence-corrected chi connectivity index (χ2v) is 7.90. The van der Waals surface area contributed by atoms with Crippen molar-refractivity contribution < 1.29 is 18.0 Å². The van der Waals surface area contributed by atoms with E-state index >= 15 is 0 Å². The van der Waals surface area contributed by atoms with Crippen molar-refractivity contribution in [1.82, 2.24) is 19.7 Å². The number of hydrogen-bond acceptors (Lipinski definition) is 6. The number of hydrogen-bond donors (Lipinski definition) is 2. The van der Waals surface area contributed by atoms with Gasteiger partial charge in [0.05, 0.1) is 41.7 Å². The van der Waals surface area contributed by atoms with Crippen LogP contribution in [-0.2, 0) is 6.18 Å². The third-order valence-corrected chi connectivity index (χ3v) is 5.44. The summed E-state index contributed by atoms with van der Waals surface area (Å²) in [5, 5.41) is 9.01. The molecule has 1 saturated heterocycles. The first-order chi connectivity index (χ1) is 14.9. The summed E-state index contributed by atoms with van der Waals surface area (Å²) in [5.74, 6) is 2.47. The molecule has 3 aromatic rings. The van der Waals surface area contributed by atoms with Gasteiger partial charge in [-0.2, -0.15) is 30.0 Å². The van der Waals surface area contributed by atoms with Crippen LogP contribution < -0.4 is 15.5 Å². The van der Waals surface area contributed by atoms with Crippen LogP contribution in [0, 0.1) is 0 Å². The van der Waals surface area contributed by atoms with Crippen LogP contribution >= 0.6 is 11.8 Å². The molecule has 3 heterocycles. The Morgan fingerprint density at radius 3 is 2.45 bits per heavy atom. The third kappa shape index (κ3) is 5.26. The zero-order valence-corrected chi connectivity index (χ0v) is 17.0. The predicted molar refractivity (Wildman–Crippen MR) is 113 cm³/mol. The lowest BCUT2D eigenvalue weighted by atomic mass is 10.2. The zero-order valence-electron chi connectivity index (χ0n) is 16.1. The fourth-order valence-corrected chi connectivity index (χ4v) is 3.88. The molecular weight excluding hydrogens is 431 g/mol. The molecule has 12 heteroatoms. The standard InChI is InChI=1S/C19H18F3N7OS/c20-19(21,22)13-2-1-3-14(8-13)26-18(30)27-15-9-25-29(12-15)17-23-10-16(11-24-17)28-4-6-31-7-5-28/h1-3,8-12H,4-7H2,(H2,26,27,30). The van der Waals surface area contributed by atoms with Gasteiger partial charge in [-0.3, -0.25) is 0 Å². The van der Waals surface area contributed by atoms with Crippen molar-refractivity contribution in [2.45, 2.75) is 6.18 Å². The minimum Gasteiger partial charge on any atom is -0.367 e. The number of carbonyl (C=O) groups excluding carboxylic acids is 1. The Hall–Kier alpha value is -3.28. The Labute approximate surface area is 179 Å². The lowest BCUT2D eigenvalue weighted by Gasteiger charge is -2.27. The number of halogens is 3. The monoisotopic (exact) mass is 449 g/mol. The lowest BCUT2D eigenvalue weighted by molar-refractivity contribution is -0.137. The molecule has 0 unspecified atom stereocenters. The van der Waals surface area contributed by atoms with Crippen molar-refractivity contribution in [1.29, 1.82) is 0 Å². The lowest BCUT2D eigenvalue weighted by Crippen LogP contribution is -2.32. The van der Waals surface area contributed by atoms with Crippen LogP contribution in [-0.4, -0.2) is 50.4 Å². The Balaban J connectivity index is 1.38. The van der Waals surface area contributed by atoms with Gasteiger partial charge >= 0.3 is 12.2 Å². The highest BCUT2D eigenvalue weighted by molar-refractivity contribution is 7.99. The average molecular weight is 449 g/mol. The smallest absolute Gasteiger partial charge is 0.367 e. The molecule has 2 amide bonds. The SMILES string of the molecule is O=C(Nc1cccc(C(F)(F)F)c1)Nc1cnn(-c2ncc(N3CCSCC3)cn2)c1. The maximum atomic E-state index is 12.8. The molecule has 1 aliphatic rings. The van der Waals surface area contributed by atoms with Crippen molar-refractivity contribution in [3.05, 3.63) is 54.6 Å². The fourth-order valence-electron chi connectivity index (χ4n) is 2.98. The van der Waals surface area contributed by atoms with E-state index < -0.39 is 17.8 Å². The predicted octanol–water partition coefficient (Wildman–Crippen LogP) is 3.88. The van der Waals surface area contributed by atoms with E-state index in [0.717, 1.165) is 42.4 Å². The van der Waals surface area contributed by atoms with Crippen LogP contribution in [0.5, 0.6) is 0 Å². The van der Waals surface area contributed by atoms with Gasteiger partial charge in [-0.15, -0.1) is 0 Å². The molecular formula is C19H18F3N7OS. The molecule has 1 aromatic carbocycles. The summed E-state index contributed by atoms with van der Waals surface area (Å²) in [7, 11) is 0. The second kappa shape index (κ2) is 8.84. The first-order valence-electron chi connectivity index (χ1n) is 9.33. The van der Waals surface area contributed by atoms with E-state index in [0.29, 0.717) is 11.6 Å². The summed E-state index contributed by atoms with van der Waals surface area (Å²) >= 11 is 1.92. The number of amides is 2. The number of alkyl halides is 3. The molecule has 1 fully saturated rings. The molecule has 0 atom stereocenters. The molecule has 0 bridgehead atoms. The Bertz CT molecular complexity index is 1050. The first kappa shape index (κ1) is 21.0. The van der Waals surface area contributed by atoms with Gasteiger partial charge < -0.3 is 15.5 Å². The van der Waals surface area contributed by atoms with E-state index in [1.165, 1.54) is 29.2 Å². The van der Waals surface area contributed by atoms with E-state index in [1.54, 1.807) is 12.4 Å². The molecule has 0 saturated carbocycles. The van der Waals surface area contributed by atoms with Crippen LogP contribution in [0.1, 0.15) is 5.56 Å². The van der Waals surface area contributed by atoms with Gasteiger partial charge in [0, 0.05) is 30.3 Å². The fraction of sp³-hybridized carbons (Fsp3) is 0.263. The molecule has 4 rings (SSSR count). The van der Waals surface area contributed by atoms with Gasteiger partial charge in [-0.05, 0) is 18.2 Å². The Kier molecular flexibility index (Phi) is 5.98. The summed E-state index contributed by atoms with van der Waals surface area (Å²) in [4.78, 5) is 23.0. The van der Waals surface area contributed by atoms with Gasteiger partial charge in [0.15, 0.2) is 0 Å². The highest BCUT2D eigenvalue weighted by Gasteiger charge is 2.30. The number of benzene rings is 1. The minimum atomic E-state index is -4.49. The van der Waals surface area contributed by atoms with E-state index in [2.05, 4.69) is 30.6 Å². The van der Waals surface area contributed by atoms with E-state index in [-0.39, 0.29) is 5.69 Å². The van der Waals surface area contributed by atoms with Crippen molar-refractivity contribution in [2.75, 3.05) is 40.1 Å². The highest BCUT2D eigenvalue weighted by Crippen LogP contribution is 2.30. The third-order valence-electron chi connectivity index (χ3n) is 4.49. The van der Waals surface area contributed by atoms with Gasteiger partial charge in [0.2, 0.25) is 0 Å². The van der Waals surface area contributed by atoms with Gasteiger partial charge in [-0.1, -0.05) is 6.07 Å². The van der Waals surface area contributed by atoms with Crippen LogP contribution in [0.25, 0.3) is 5.95 Å². The van der Waals surface area contributed by atoms with Gasteiger partial charge in [0.25, 0.3) is 5.95 Å². The van der Waals surface area contributed by atoms with Crippen LogP contribution in [0.4, 0.5) is 35.0 Å². The number of nitrogens with one attached hydrogen (secondary N) is 2. The number of thioether (sulfide) groups is 1. The summed E-state index contributed by atoms with van der Waals surface area (Å²) < 4.78 is 39.8. The second-order valence-electron chi connectivity index (χ2n) is 6.67. The first-order valence-corrected chi connectivity index (χ1v) is 10.5. The minimum absolute atomic E-state index is 0.0229. The summed E-state index contributed by atoms with van der Waals surface area (Å²) in [5.41, 5.74) is 0.456. The normalized spacial score (nSPS) is 14.4. The molecule has 2 aromatic heterocycles. The van der Waals surface area contributed by atoms with Crippen molar-refractivity contribution in [3.8, 4) is 5.95 Å². The Morgan fingerprint density at radius 2 is 1.74 bits per heavy atom. The molecule has 31 heavy (non-hydrogen) atoms. The molecule has 0 aliphatic carbocycles. The van der Waals surface area contributed by atoms with E-state index in [4.69, 9.17) is 0 Å². The summed E-state index contributed by atoms with van der Waals surface area (Å²) in [6.07, 6.45) is 1.88. The molecule has 162 valence electrons. The molecule has 0 spiro atoms. The Morgan fingerprint density at radius 1 is 1.03 bits per heavy atom. The van der Waals surface area contributed by atoms with Crippen LogP contribution in [0.15, 0.2) is 49.1 Å². The summed E-state index contributed by atoms with van der Waals surface area (Å²) in [6, 6.07) is 3.69. The summed E-state index contributed by atoms with van der Waals surface area (Å²) in [6.45, 7) is 1.90. The largest absolute Gasteiger partial charge is 0.416 e. The quantitative estimate of drug-likeness (QED) is 0.629. The van der Waals surface area contributed by atoms with E-state index in [9.17, 15) is 18.0 Å². The molecule has 0 radical (unpaired) electrons. The van der Waals surface area contributed by atoms with Crippen molar-refractivity contribution >= 4 is 34.9 Å². The average Bonchev–Trinajstić information content (AvgIpc) is 3.22. The number of urea groups is 1. The van der Waals surface area contributed by atoms with Gasteiger partial charge in [-0.25, -0.2) is 19.4 Å². The van der Waals surface area contributed by atoms with Crippen molar-refractivity contribution in [3.63, 3.8) is 0 Å². The van der Waals surface area contributed by atoms with Crippen LogP contribution in [0.2, 0.25) is 0 Å². The number of aromatic nitrogens is 4. The molecule has 1 aliphatic heterocycles. The number of nitrogens with zero attached hydrogens (tertiary/aromatic N) is 5. The molecule has 8 nitrogen and oxygen atoms in total. The zero-order chi connectivity index (χ0) is 21.8. The van der Waals surface area contributed by atoms with Crippen LogP contribution in [0.3, 0.4) is 0 Å². The maximum absolute atomic E-state index is 12.8. The maximum Gasteiger partial charge on any atom is 0.416 e. The highest BCUT2D eigenvalue weighted by atomic mass is 32.2. The number of anilines is 3. The van der Waals surface area contributed by atoms with E-state index in [1.807, 2.05) is 11.8 Å². The number of carbonyl (C=O) groups is 1. The molecule has 2 N–H and O–H groups in total. The van der Waals surface area contributed by atoms with Gasteiger partial charge in [0.1, 0.15) is 0 Å². The topological polar surface area (TPSA) is 88.0 Å². The van der Waals surface area contributed by atoms with Crippen molar-refractivity contribution in [2.24, 2.45) is 0 Å². The number of rotatable bonds is 4.